The van der Waals surface area contributed by atoms with Gasteiger partial charge in [-0.15, -0.1) is 5.10 Å². The Balaban J connectivity index is 1.62. The number of amides is 2. The minimum Gasteiger partial charge on any atom is -0.497 e. The number of ether oxygens (including phenoxy) is 1. The maximum Gasteiger partial charge on any atom is 0.276 e. The molecule has 1 aliphatic rings. The van der Waals surface area contributed by atoms with Crippen molar-refractivity contribution in [2.24, 2.45) is 0 Å². The van der Waals surface area contributed by atoms with Crippen LogP contribution in [0.4, 0.5) is 4.39 Å². The average molecular weight is 441 g/mol. The molecule has 9 heteroatoms. The Hall–Kier alpha value is -3.33. The van der Waals surface area contributed by atoms with Gasteiger partial charge < -0.3 is 15.0 Å². The van der Waals surface area contributed by atoms with Crippen LogP contribution in [0.3, 0.4) is 0 Å². The van der Waals surface area contributed by atoms with E-state index in [2.05, 4.69) is 14.9 Å². The second-order valence-electron chi connectivity index (χ2n) is 7.22. The standard InChI is InChI=1S/C22H21FN4O3S/c1-30-16-10-6-14(7-11-16)12-24-21(28)20(17-4-2-3-5-18(17)23)27(15-8-9-15)22(29)19-13-31-26-25-19/h2-7,10-11,13,15,20H,8-9,12H2,1H3,(H,24,28)/t20-/m1/s1. The van der Waals surface area contributed by atoms with Gasteiger partial charge in [0.2, 0.25) is 5.91 Å². The van der Waals surface area contributed by atoms with Crippen LogP contribution in [0, 0.1) is 5.82 Å². The SMILES string of the molecule is COc1ccc(CNC(=O)[C@@H](c2ccccc2F)N(C(=O)c2csnn2)C2CC2)cc1. The number of benzene rings is 2. The number of nitrogens with one attached hydrogen (secondary N) is 1. The zero-order valence-corrected chi connectivity index (χ0v) is 17.6. The summed E-state index contributed by atoms with van der Waals surface area (Å²) in [5.41, 5.74) is 1.16. The van der Waals surface area contributed by atoms with Gasteiger partial charge in [0.15, 0.2) is 5.69 Å². The molecule has 1 saturated carbocycles. The van der Waals surface area contributed by atoms with Gasteiger partial charge >= 0.3 is 0 Å². The number of rotatable bonds is 8. The number of halogens is 1. The fraction of sp³-hybridized carbons (Fsp3) is 0.273. The molecule has 1 aromatic heterocycles. The lowest BCUT2D eigenvalue weighted by Gasteiger charge is -2.31. The number of methoxy groups -OCH3 is 1. The van der Waals surface area contributed by atoms with Gasteiger partial charge in [0.05, 0.1) is 7.11 Å². The minimum absolute atomic E-state index is 0.148. The number of nitrogens with zero attached hydrogens (tertiary/aromatic N) is 3. The first kappa shape index (κ1) is 20.9. The van der Waals surface area contributed by atoms with Gasteiger partial charge in [-0.2, -0.15) is 0 Å². The van der Waals surface area contributed by atoms with Crippen LogP contribution in [0.15, 0.2) is 53.9 Å². The first-order valence-corrected chi connectivity index (χ1v) is 10.7. The zero-order valence-electron chi connectivity index (χ0n) is 16.8. The summed E-state index contributed by atoms with van der Waals surface area (Å²) in [7, 11) is 1.58. The van der Waals surface area contributed by atoms with Crippen LogP contribution < -0.4 is 10.1 Å². The highest BCUT2D eigenvalue weighted by atomic mass is 32.1. The molecule has 0 saturated heterocycles. The molecule has 31 heavy (non-hydrogen) atoms. The molecule has 7 nitrogen and oxygen atoms in total. The summed E-state index contributed by atoms with van der Waals surface area (Å²) in [6.45, 7) is 0.235. The maximum atomic E-state index is 14.7. The first-order valence-electron chi connectivity index (χ1n) is 9.83. The van der Waals surface area contributed by atoms with Crippen molar-refractivity contribution in [1.82, 2.24) is 19.8 Å². The van der Waals surface area contributed by atoms with E-state index in [0.717, 1.165) is 29.9 Å². The lowest BCUT2D eigenvalue weighted by Crippen LogP contribution is -2.45. The second kappa shape index (κ2) is 9.22. The van der Waals surface area contributed by atoms with Gasteiger partial charge in [0.1, 0.15) is 17.6 Å². The Labute approximate surface area is 183 Å². The predicted octanol–water partition coefficient (Wildman–Crippen LogP) is 3.35. The van der Waals surface area contributed by atoms with Gasteiger partial charge in [-0.05, 0) is 48.1 Å². The van der Waals surface area contributed by atoms with E-state index >= 15 is 0 Å². The van der Waals surface area contributed by atoms with Crippen LogP contribution in [0.25, 0.3) is 0 Å². The molecule has 0 radical (unpaired) electrons. The molecule has 1 atom stereocenters. The molecule has 4 rings (SSSR count). The fourth-order valence-corrected chi connectivity index (χ4v) is 3.81. The number of carbonyl (C=O) groups excluding carboxylic acids is 2. The van der Waals surface area contributed by atoms with E-state index in [4.69, 9.17) is 4.74 Å². The molecule has 1 aliphatic carbocycles. The van der Waals surface area contributed by atoms with Gasteiger partial charge in [-0.3, -0.25) is 9.59 Å². The topological polar surface area (TPSA) is 84.4 Å². The van der Waals surface area contributed by atoms with E-state index < -0.39 is 23.7 Å². The summed E-state index contributed by atoms with van der Waals surface area (Å²) in [6, 6.07) is 12.0. The third-order valence-corrected chi connectivity index (χ3v) is 5.61. The van der Waals surface area contributed by atoms with Crippen LogP contribution in [0.2, 0.25) is 0 Å². The molecule has 160 valence electrons. The summed E-state index contributed by atoms with van der Waals surface area (Å²) in [4.78, 5) is 27.9. The molecule has 0 unspecified atom stereocenters. The van der Waals surface area contributed by atoms with Crippen molar-refractivity contribution in [2.45, 2.75) is 31.5 Å². The predicted molar refractivity (Wildman–Crippen MR) is 113 cm³/mol. The van der Waals surface area contributed by atoms with Crippen molar-refractivity contribution < 1.29 is 18.7 Å². The number of hydrogen-bond acceptors (Lipinski definition) is 6. The Morgan fingerprint density at radius 1 is 1.23 bits per heavy atom. The largest absolute Gasteiger partial charge is 0.497 e. The van der Waals surface area contributed by atoms with Crippen LogP contribution in [0.1, 0.15) is 40.5 Å². The molecule has 0 spiro atoms. The van der Waals surface area contributed by atoms with E-state index in [1.165, 1.54) is 22.4 Å². The molecule has 2 amide bonds. The van der Waals surface area contributed by atoms with Gasteiger partial charge in [0.25, 0.3) is 5.91 Å². The van der Waals surface area contributed by atoms with Crippen LogP contribution in [0.5, 0.6) is 5.75 Å². The zero-order chi connectivity index (χ0) is 21.8. The van der Waals surface area contributed by atoms with Crippen molar-refractivity contribution in [3.63, 3.8) is 0 Å². The highest BCUT2D eigenvalue weighted by molar-refractivity contribution is 7.03. The lowest BCUT2D eigenvalue weighted by molar-refractivity contribution is -0.126. The summed E-state index contributed by atoms with van der Waals surface area (Å²) < 4.78 is 23.6. The van der Waals surface area contributed by atoms with Crippen LogP contribution in [-0.4, -0.2) is 39.5 Å². The van der Waals surface area contributed by atoms with E-state index in [1.807, 2.05) is 12.1 Å². The highest BCUT2D eigenvalue weighted by Crippen LogP contribution is 2.36. The second-order valence-corrected chi connectivity index (χ2v) is 7.83. The molecule has 2 aromatic carbocycles. The fourth-order valence-electron chi connectivity index (χ4n) is 3.38. The number of aromatic nitrogens is 2. The first-order chi connectivity index (χ1) is 15.1. The monoisotopic (exact) mass is 440 g/mol. The highest BCUT2D eigenvalue weighted by Gasteiger charge is 2.43. The third kappa shape index (κ3) is 4.72. The van der Waals surface area contributed by atoms with Gasteiger partial charge in [0, 0.05) is 23.5 Å². The van der Waals surface area contributed by atoms with Crippen molar-refractivity contribution in [2.75, 3.05) is 7.11 Å². The normalized spacial score (nSPS) is 14.0. The smallest absolute Gasteiger partial charge is 0.276 e. The Kier molecular flexibility index (Phi) is 6.22. The Morgan fingerprint density at radius 3 is 2.58 bits per heavy atom. The molecule has 1 N–H and O–H groups in total. The van der Waals surface area contributed by atoms with E-state index in [1.54, 1.807) is 31.4 Å². The van der Waals surface area contributed by atoms with Crippen LogP contribution in [-0.2, 0) is 11.3 Å². The van der Waals surface area contributed by atoms with E-state index in [0.29, 0.717) is 5.75 Å². The summed E-state index contributed by atoms with van der Waals surface area (Å²) >= 11 is 1.05. The third-order valence-electron chi connectivity index (χ3n) is 5.11. The van der Waals surface area contributed by atoms with E-state index in [9.17, 15) is 14.0 Å². The van der Waals surface area contributed by atoms with Crippen molar-refractivity contribution >= 4 is 23.3 Å². The minimum atomic E-state index is -1.11. The summed E-state index contributed by atoms with van der Waals surface area (Å²) in [5, 5.41) is 8.24. The molecule has 0 aliphatic heterocycles. The van der Waals surface area contributed by atoms with Crippen molar-refractivity contribution in [1.29, 1.82) is 0 Å². The summed E-state index contributed by atoms with van der Waals surface area (Å²) in [5.74, 6) is -0.711. The quantitative estimate of drug-likeness (QED) is 0.581. The molecule has 3 aromatic rings. The van der Waals surface area contributed by atoms with Crippen molar-refractivity contribution in [3.8, 4) is 5.75 Å². The number of hydrogen-bond donors (Lipinski definition) is 1. The average Bonchev–Trinajstić information content (AvgIpc) is 3.48. The van der Waals surface area contributed by atoms with Crippen molar-refractivity contribution in [3.05, 3.63) is 76.5 Å². The maximum absolute atomic E-state index is 14.7. The molecule has 1 fully saturated rings. The molecular weight excluding hydrogens is 419 g/mol. The molecule has 1 heterocycles. The Bertz CT molecular complexity index is 1050. The van der Waals surface area contributed by atoms with Gasteiger partial charge in [-0.25, -0.2) is 4.39 Å². The lowest BCUT2D eigenvalue weighted by atomic mass is 10.0. The molecular formula is C22H21FN4O3S. The summed E-state index contributed by atoms with van der Waals surface area (Å²) in [6.07, 6.45) is 1.50. The number of carbonyl (C=O) groups is 2. The van der Waals surface area contributed by atoms with Gasteiger partial charge in [-0.1, -0.05) is 34.8 Å². The molecule has 0 bridgehead atoms. The van der Waals surface area contributed by atoms with E-state index in [-0.39, 0.29) is 23.8 Å². The van der Waals surface area contributed by atoms with Crippen LogP contribution >= 0.6 is 11.5 Å². The Morgan fingerprint density at radius 2 is 1.97 bits per heavy atom.